The summed E-state index contributed by atoms with van der Waals surface area (Å²) in [5.41, 5.74) is 3.95. The number of hydrogen-bond acceptors (Lipinski definition) is 5. The van der Waals surface area contributed by atoms with Gasteiger partial charge in [0.25, 0.3) is 0 Å². The van der Waals surface area contributed by atoms with E-state index < -0.39 is 0 Å². The Labute approximate surface area is 194 Å². The molecule has 0 fully saturated rings. The van der Waals surface area contributed by atoms with Crippen molar-refractivity contribution >= 4 is 52.7 Å². The number of benzene rings is 2. The molecule has 0 spiro atoms. The van der Waals surface area contributed by atoms with Gasteiger partial charge in [-0.1, -0.05) is 41.1 Å². The standard InChI is InChI=1S/C24H16Cl2N2O2S/c1-30-23-14-16(9-10-27-23)4-2-3-15-6-8-21-18(11-15)24(29)22(31-28-21)13-17-5-7-19(25)20(26)12-17/h5-14,28H,4H2,1H3/b22-13-. The summed E-state index contributed by atoms with van der Waals surface area (Å²) in [7, 11) is 1.58. The Balaban J connectivity index is 1.55. The number of aromatic nitrogens is 1. The smallest absolute Gasteiger partial charge is 0.213 e. The van der Waals surface area contributed by atoms with E-state index in [4.69, 9.17) is 27.9 Å². The van der Waals surface area contributed by atoms with E-state index in [0.29, 0.717) is 32.8 Å². The number of carbonyl (C=O) groups is 1. The van der Waals surface area contributed by atoms with Crippen LogP contribution < -0.4 is 9.46 Å². The number of nitrogens with one attached hydrogen (secondary N) is 1. The minimum absolute atomic E-state index is 0.0626. The maximum atomic E-state index is 13.0. The molecule has 4 nitrogen and oxygen atoms in total. The summed E-state index contributed by atoms with van der Waals surface area (Å²) in [5, 5.41) is 0.922. The number of Topliss-reactive ketones (excluding diaryl/α,β-unsaturated/α-hetero) is 1. The van der Waals surface area contributed by atoms with Gasteiger partial charge in [-0.05, 0) is 65.5 Å². The number of allylic oxidation sites excluding steroid dienone is 1. The Hall–Kier alpha value is -2.91. The molecular weight excluding hydrogens is 451 g/mol. The van der Waals surface area contributed by atoms with Crippen molar-refractivity contribution in [1.29, 1.82) is 0 Å². The minimum Gasteiger partial charge on any atom is -0.481 e. The van der Waals surface area contributed by atoms with Gasteiger partial charge in [0.15, 0.2) is 0 Å². The molecule has 0 atom stereocenters. The van der Waals surface area contributed by atoms with E-state index in [1.807, 2.05) is 36.4 Å². The molecule has 2 heterocycles. The lowest BCUT2D eigenvalue weighted by Crippen LogP contribution is -2.12. The molecule has 2 aromatic carbocycles. The Morgan fingerprint density at radius 2 is 2.00 bits per heavy atom. The lowest BCUT2D eigenvalue weighted by Gasteiger charge is -2.18. The fourth-order valence-corrected chi connectivity index (χ4v) is 4.06. The molecule has 0 aliphatic carbocycles. The van der Waals surface area contributed by atoms with Gasteiger partial charge in [-0.25, -0.2) is 4.98 Å². The zero-order valence-corrected chi connectivity index (χ0v) is 18.7. The number of carbonyl (C=O) groups excluding carboxylic acids is 1. The average Bonchev–Trinajstić information content (AvgIpc) is 2.78. The Morgan fingerprint density at radius 1 is 1.13 bits per heavy atom. The number of ether oxygens (including phenoxy) is 1. The monoisotopic (exact) mass is 466 g/mol. The topological polar surface area (TPSA) is 51.2 Å². The van der Waals surface area contributed by atoms with Gasteiger partial charge in [0.2, 0.25) is 11.7 Å². The summed E-state index contributed by atoms with van der Waals surface area (Å²) in [5.74, 6) is 6.77. The van der Waals surface area contributed by atoms with E-state index >= 15 is 0 Å². The summed E-state index contributed by atoms with van der Waals surface area (Å²) in [6, 6.07) is 14.6. The normalized spacial score (nSPS) is 13.8. The number of methoxy groups -OCH3 is 1. The lowest BCUT2D eigenvalue weighted by atomic mass is 10.0. The summed E-state index contributed by atoms with van der Waals surface area (Å²) in [6.07, 6.45) is 4.04. The molecule has 4 rings (SSSR count). The second-order valence-electron chi connectivity index (χ2n) is 6.66. The van der Waals surface area contributed by atoms with E-state index in [1.165, 1.54) is 11.9 Å². The highest BCUT2D eigenvalue weighted by Gasteiger charge is 2.23. The number of nitrogens with zero attached hydrogens (tertiary/aromatic N) is 1. The summed E-state index contributed by atoms with van der Waals surface area (Å²) in [6.45, 7) is 0. The maximum absolute atomic E-state index is 13.0. The van der Waals surface area contributed by atoms with Gasteiger partial charge >= 0.3 is 0 Å². The first-order chi connectivity index (χ1) is 15.0. The minimum atomic E-state index is -0.0626. The zero-order valence-electron chi connectivity index (χ0n) is 16.4. The van der Waals surface area contributed by atoms with Gasteiger partial charge in [-0.3, -0.25) is 4.79 Å². The largest absolute Gasteiger partial charge is 0.481 e. The predicted molar refractivity (Wildman–Crippen MR) is 128 cm³/mol. The number of fused-ring (bicyclic) bond motifs is 1. The van der Waals surface area contributed by atoms with Crippen molar-refractivity contribution in [1.82, 2.24) is 4.98 Å². The summed E-state index contributed by atoms with van der Waals surface area (Å²) in [4.78, 5) is 17.7. The second-order valence-corrected chi connectivity index (χ2v) is 8.32. The quantitative estimate of drug-likeness (QED) is 0.279. The number of pyridine rings is 1. The third-order valence-electron chi connectivity index (χ3n) is 4.53. The molecule has 0 unspecified atom stereocenters. The third-order valence-corrected chi connectivity index (χ3v) is 6.12. The second kappa shape index (κ2) is 9.49. The van der Waals surface area contributed by atoms with Gasteiger partial charge in [0, 0.05) is 29.8 Å². The number of rotatable bonds is 3. The van der Waals surface area contributed by atoms with Crippen molar-refractivity contribution < 1.29 is 9.53 Å². The van der Waals surface area contributed by atoms with Crippen molar-refractivity contribution in [3.8, 4) is 17.7 Å². The van der Waals surface area contributed by atoms with E-state index in [2.05, 4.69) is 21.5 Å². The van der Waals surface area contributed by atoms with Crippen LogP contribution >= 0.6 is 35.1 Å². The molecule has 0 saturated heterocycles. The van der Waals surface area contributed by atoms with E-state index in [1.54, 1.807) is 31.5 Å². The number of ketones is 1. The summed E-state index contributed by atoms with van der Waals surface area (Å²) < 4.78 is 8.34. The van der Waals surface area contributed by atoms with Crippen LogP contribution in [-0.4, -0.2) is 17.9 Å². The average molecular weight is 467 g/mol. The van der Waals surface area contributed by atoms with Crippen molar-refractivity contribution in [2.24, 2.45) is 0 Å². The molecule has 0 radical (unpaired) electrons. The van der Waals surface area contributed by atoms with Crippen LogP contribution in [0.2, 0.25) is 10.0 Å². The van der Waals surface area contributed by atoms with Crippen molar-refractivity contribution in [2.75, 3.05) is 11.8 Å². The molecule has 3 aromatic rings. The van der Waals surface area contributed by atoms with Crippen LogP contribution in [-0.2, 0) is 6.42 Å². The van der Waals surface area contributed by atoms with Crippen molar-refractivity contribution in [3.05, 3.63) is 91.9 Å². The van der Waals surface area contributed by atoms with Crippen LogP contribution in [0.4, 0.5) is 5.69 Å². The van der Waals surface area contributed by atoms with E-state index in [0.717, 1.165) is 22.4 Å². The van der Waals surface area contributed by atoms with Crippen molar-refractivity contribution in [2.45, 2.75) is 6.42 Å². The van der Waals surface area contributed by atoms with E-state index in [9.17, 15) is 4.79 Å². The van der Waals surface area contributed by atoms with Crippen LogP contribution in [0.25, 0.3) is 6.08 Å². The third kappa shape index (κ3) is 5.05. The molecule has 1 aromatic heterocycles. The van der Waals surface area contributed by atoms with Crippen LogP contribution in [0, 0.1) is 11.8 Å². The van der Waals surface area contributed by atoms with Crippen LogP contribution in [0.15, 0.2) is 59.6 Å². The van der Waals surface area contributed by atoms with E-state index in [-0.39, 0.29) is 5.78 Å². The SMILES string of the molecule is COc1cc(CC#Cc2ccc3c(c2)C(=O)/C(=C/c2ccc(Cl)c(Cl)c2)SN3)ccn1. The van der Waals surface area contributed by atoms with Crippen LogP contribution in [0.3, 0.4) is 0 Å². The summed E-state index contributed by atoms with van der Waals surface area (Å²) >= 11 is 13.3. The molecule has 0 saturated carbocycles. The number of hydrogen-bond donors (Lipinski definition) is 1. The first-order valence-electron chi connectivity index (χ1n) is 9.29. The van der Waals surface area contributed by atoms with Gasteiger partial charge < -0.3 is 9.46 Å². The highest BCUT2D eigenvalue weighted by molar-refractivity contribution is 8.05. The molecular formula is C24H16Cl2N2O2S. The van der Waals surface area contributed by atoms with Crippen LogP contribution in [0.5, 0.6) is 5.88 Å². The van der Waals surface area contributed by atoms with Gasteiger partial charge in [0.05, 0.1) is 27.7 Å². The molecule has 1 aliphatic heterocycles. The predicted octanol–water partition coefficient (Wildman–Crippen LogP) is 6.29. The molecule has 31 heavy (non-hydrogen) atoms. The maximum Gasteiger partial charge on any atom is 0.213 e. The number of halogens is 2. The molecule has 154 valence electrons. The molecule has 1 N–H and O–H groups in total. The zero-order chi connectivity index (χ0) is 21.8. The van der Waals surface area contributed by atoms with Crippen LogP contribution in [0.1, 0.15) is 27.0 Å². The molecule has 0 amide bonds. The molecule has 7 heteroatoms. The molecule has 1 aliphatic rings. The fraction of sp³-hybridized carbons (Fsp3) is 0.0833. The highest BCUT2D eigenvalue weighted by Crippen LogP contribution is 2.35. The Bertz CT molecular complexity index is 1260. The highest BCUT2D eigenvalue weighted by atomic mass is 35.5. The first kappa shape index (κ1) is 21.3. The first-order valence-corrected chi connectivity index (χ1v) is 10.9. The number of anilines is 1. The van der Waals surface area contributed by atoms with Crippen molar-refractivity contribution in [3.63, 3.8) is 0 Å². The van der Waals surface area contributed by atoms with Gasteiger partial charge in [-0.2, -0.15) is 0 Å². The molecule has 0 bridgehead atoms. The Kier molecular flexibility index (Phi) is 6.53. The lowest BCUT2D eigenvalue weighted by molar-refractivity contribution is 0.104. The van der Waals surface area contributed by atoms with Gasteiger partial charge in [0.1, 0.15) is 0 Å². The Morgan fingerprint density at radius 3 is 2.81 bits per heavy atom. The fourth-order valence-electron chi connectivity index (χ4n) is 2.96. The van der Waals surface area contributed by atoms with Gasteiger partial charge in [-0.15, -0.1) is 0 Å².